The van der Waals surface area contributed by atoms with Gasteiger partial charge < -0.3 is 5.73 Å². The lowest BCUT2D eigenvalue weighted by Gasteiger charge is -2.31. The first kappa shape index (κ1) is 16.5. The minimum Gasteiger partial charge on any atom is -0.329 e. The second kappa shape index (κ2) is 7.95. The molecule has 118 valence electrons. The quantitative estimate of drug-likeness (QED) is 0.887. The Morgan fingerprint density at radius 3 is 2.62 bits per heavy atom. The van der Waals surface area contributed by atoms with Crippen LogP contribution < -0.4 is 5.73 Å². The molecule has 0 radical (unpaired) electrons. The van der Waals surface area contributed by atoms with Crippen LogP contribution in [-0.4, -0.2) is 24.5 Å². The summed E-state index contributed by atoms with van der Waals surface area (Å²) in [6.45, 7) is 10.1. The summed E-state index contributed by atoms with van der Waals surface area (Å²) in [6, 6.07) is 9.24. The number of hydrogen-bond donors (Lipinski definition) is 1. The Hall–Kier alpha value is -0.860. The van der Waals surface area contributed by atoms with Crippen LogP contribution in [0, 0.1) is 11.8 Å². The number of rotatable bonds is 5. The van der Waals surface area contributed by atoms with E-state index in [1.54, 1.807) is 0 Å². The predicted molar refractivity (Wildman–Crippen MR) is 91.4 cm³/mol. The molecular weight excluding hydrogens is 256 g/mol. The first-order chi connectivity index (χ1) is 10.2. The van der Waals surface area contributed by atoms with Gasteiger partial charge in [-0.2, -0.15) is 0 Å². The van der Waals surface area contributed by atoms with Crippen LogP contribution in [0.25, 0.3) is 0 Å². The predicted octanol–water partition coefficient (Wildman–Crippen LogP) is 4.01. The summed E-state index contributed by atoms with van der Waals surface area (Å²) < 4.78 is 0. The molecule has 2 nitrogen and oxygen atoms in total. The number of benzene rings is 1. The maximum atomic E-state index is 6.16. The highest BCUT2D eigenvalue weighted by molar-refractivity contribution is 5.30. The molecule has 21 heavy (non-hydrogen) atoms. The number of hydrogen-bond acceptors (Lipinski definition) is 2. The fraction of sp³-hybridized carbons (Fsp3) is 0.684. The van der Waals surface area contributed by atoms with E-state index in [0.29, 0.717) is 6.04 Å². The van der Waals surface area contributed by atoms with Gasteiger partial charge in [0.05, 0.1) is 0 Å². The zero-order chi connectivity index (χ0) is 15.2. The van der Waals surface area contributed by atoms with E-state index >= 15 is 0 Å². The van der Waals surface area contributed by atoms with E-state index in [0.717, 1.165) is 24.8 Å². The van der Waals surface area contributed by atoms with E-state index in [1.807, 2.05) is 0 Å². The van der Waals surface area contributed by atoms with Crippen LogP contribution in [0.5, 0.6) is 0 Å². The number of likely N-dealkylation sites (tertiary alicyclic amines) is 1. The summed E-state index contributed by atoms with van der Waals surface area (Å²) in [4.78, 5) is 2.64. The molecule has 1 aliphatic rings. The molecule has 2 rings (SSSR count). The Morgan fingerprint density at radius 1 is 1.19 bits per heavy atom. The van der Waals surface area contributed by atoms with Crippen molar-refractivity contribution in [3.63, 3.8) is 0 Å². The molecule has 2 unspecified atom stereocenters. The van der Waals surface area contributed by atoms with Crippen molar-refractivity contribution in [2.75, 3.05) is 19.6 Å². The molecule has 2 atom stereocenters. The van der Waals surface area contributed by atoms with Crippen molar-refractivity contribution in [3.05, 3.63) is 35.4 Å². The van der Waals surface area contributed by atoms with Crippen LogP contribution in [-0.2, 0) is 6.42 Å². The molecule has 0 saturated carbocycles. The average molecular weight is 288 g/mol. The van der Waals surface area contributed by atoms with Gasteiger partial charge >= 0.3 is 0 Å². The summed E-state index contributed by atoms with van der Waals surface area (Å²) in [5.41, 5.74) is 9.07. The van der Waals surface area contributed by atoms with Gasteiger partial charge in [-0.1, -0.05) is 45.0 Å². The van der Waals surface area contributed by atoms with E-state index in [9.17, 15) is 0 Å². The van der Waals surface area contributed by atoms with Gasteiger partial charge in [0.25, 0.3) is 0 Å². The lowest BCUT2D eigenvalue weighted by molar-refractivity contribution is 0.203. The minimum atomic E-state index is 0.395. The topological polar surface area (TPSA) is 29.3 Å². The third-order valence-electron chi connectivity index (χ3n) is 5.21. The first-order valence-electron chi connectivity index (χ1n) is 8.69. The smallest absolute Gasteiger partial charge is 0.0473 e. The molecule has 0 spiro atoms. The fourth-order valence-corrected chi connectivity index (χ4v) is 3.78. The zero-order valence-corrected chi connectivity index (χ0v) is 14.0. The van der Waals surface area contributed by atoms with Crippen molar-refractivity contribution in [1.29, 1.82) is 0 Å². The van der Waals surface area contributed by atoms with Crippen LogP contribution in [0.4, 0.5) is 0 Å². The second-order valence-electron chi connectivity index (χ2n) is 6.77. The van der Waals surface area contributed by atoms with Gasteiger partial charge in [0, 0.05) is 12.6 Å². The lowest BCUT2D eigenvalue weighted by Crippen LogP contribution is -2.35. The summed E-state index contributed by atoms with van der Waals surface area (Å²) in [6.07, 6.45) is 5.10. The van der Waals surface area contributed by atoms with Crippen LogP contribution in [0.3, 0.4) is 0 Å². The van der Waals surface area contributed by atoms with Crippen LogP contribution in [0.15, 0.2) is 24.3 Å². The zero-order valence-electron chi connectivity index (χ0n) is 14.0. The SMILES string of the molecule is CCc1ccccc1C(CN)N1CCCC(C(C)C)CC1. The van der Waals surface area contributed by atoms with Crippen molar-refractivity contribution >= 4 is 0 Å². The van der Waals surface area contributed by atoms with Crippen molar-refractivity contribution in [2.45, 2.75) is 52.5 Å². The van der Waals surface area contributed by atoms with Crippen LogP contribution >= 0.6 is 0 Å². The Balaban J connectivity index is 2.14. The highest BCUT2D eigenvalue weighted by atomic mass is 15.2. The molecule has 0 aromatic heterocycles. The molecule has 1 aromatic rings. The van der Waals surface area contributed by atoms with Crippen molar-refractivity contribution in [3.8, 4) is 0 Å². The average Bonchev–Trinajstić information content (AvgIpc) is 2.75. The van der Waals surface area contributed by atoms with E-state index in [2.05, 4.69) is 49.9 Å². The molecule has 0 bridgehead atoms. The summed E-state index contributed by atoms with van der Waals surface area (Å²) in [5, 5.41) is 0. The van der Waals surface area contributed by atoms with Gasteiger partial charge in [0.2, 0.25) is 0 Å². The van der Waals surface area contributed by atoms with Crippen LogP contribution in [0.2, 0.25) is 0 Å². The van der Waals surface area contributed by atoms with Gasteiger partial charge in [-0.25, -0.2) is 0 Å². The molecule has 1 aromatic carbocycles. The highest BCUT2D eigenvalue weighted by Crippen LogP contribution is 2.30. The molecule has 1 heterocycles. The summed E-state index contributed by atoms with van der Waals surface area (Å²) in [7, 11) is 0. The molecule has 1 aliphatic heterocycles. The normalized spacial score (nSPS) is 22.2. The summed E-state index contributed by atoms with van der Waals surface area (Å²) >= 11 is 0. The molecule has 2 N–H and O–H groups in total. The molecule has 0 aliphatic carbocycles. The molecular formula is C19H32N2. The van der Waals surface area contributed by atoms with Crippen molar-refractivity contribution in [1.82, 2.24) is 4.90 Å². The monoisotopic (exact) mass is 288 g/mol. The lowest BCUT2D eigenvalue weighted by atomic mass is 9.89. The highest BCUT2D eigenvalue weighted by Gasteiger charge is 2.25. The van der Waals surface area contributed by atoms with E-state index in [1.165, 1.54) is 43.5 Å². The van der Waals surface area contributed by atoms with Gasteiger partial charge in [0.15, 0.2) is 0 Å². The van der Waals surface area contributed by atoms with E-state index < -0.39 is 0 Å². The third-order valence-corrected chi connectivity index (χ3v) is 5.21. The van der Waals surface area contributed by atoms with Gasteiger partial charge in [0.1, 0.15) is 0 Å². The molecule has 2 heteroatoms. The largest absolute Gasteiger partial charge is 0.329 e. The van der Waals surface area contributed by atoms with Gasteiger partial charge in [-0.05, 0) is 61.7 Å². The maximum Gasteiger partial charge on any atom is 0.0473 e. The Morgan fingerprint density at radius 2 is 1.95 bits per heavy atom. The van der Waals surface area contributed by atoms with Crippen molar-refractivity contribution < 1.29 is 0 Å². The second-order valence-corrected chi connectivity index (χ2v) is 6.77. The van der Waals surface area contributed by atoms with Crippen molar-refractivity contribution in [2.24, 2.45) is 17.6 Å². The number of nitrogens with two attached hydrogens (primary N) is 1. The summed E-state index contributed by atoms with van der Waals surface area (Å²) in [5.74, 6) is 1.69. The molecule has 1 saturated heterocycles. The minimum absolute atomic E-state index is 0.395. The van der Waals surface area contributed by atoms with Gasteiger partial charge in [-0.15, -0.1) is 0 Å². The Labute approximate surface area is 130 Å². The van der Waals surface area contributed by atoms with E-state index in [-0.39, 0.29) is 0 Å². The van der Waals surface area contributed by atoms with Gasteiger partial charge in [-0.3, -0.25) is 4.90 Å². The number of nitrogens with zero attached hydrogens (tertiary/aromatic N) is 1. The fourth-order valence-electron chi connectivity index (χ4n) is 3.78. The third kappa shape index (κ3) is 4.08. The first-order valence-corrected chi connectivity index (χ1v) is 8.69. The number of aryl methyl sites for hydroxylation is 1. The maximum absolute atomic E-state index is 6.16. The molecule has 1 fully saturated rings. The Kier molecular flexibility index (Phi) is 6.25. The Bertz CT molecular complexity index is 427. The van der Waals surface area contributed by atoms with Crippen LogP contribution in [0.1, 0.15) is 57.2 Å². The molecule has 0 amide bonds. The standard InChI is InChI=1S/C19H32N2/c1-4-16-8-5-6-10-18(16)19(14-20)21-12-7-9-17(11-13-21)15(2)3/h5-6,8,10,15,17,19H,4,7,9,11-14,20H2,1-3H3. The van der Waals surface area contributed by atoms with E-state index in [4.69, 9.17) is 5.73 Å².